The molecule has 2 amide bonds. The van der Waals surface area contributed by atoms with Crippen molar-refractivity contribution in [1.29, 1.82) is 0 Å². The summed E-state index contributed by atoms with van der Waals surface area (Å²) >= 11 is 6.07. The number of hydrogen-bond acceptors (Lipinski definition) is 4. The summed E-state index contributed by atoms with van der Waals surface area (Å²) in [5.74, 6) is -0.724. The predicted molar refractivity (Wildman–Crippen MR) is 99.7 cm³/mol. The highest BCUT2D eigenvalue weighted by Crippen LogP contribution is 2.23. The van der Waals surface area contributed by atoms with E-state index in [0.717, 1.165) is 25.0 Å². The first-order valence-electron chi connectivity index (χ1n) is 8.48. The van der Waals surface area contributed by atoms with Crippen molar-refractivity contribution >= 4 is 29.1 Å². The number of halogens is 1. The number of nitrogens with zero attached hydrogens (tertiary/aromatic N) is 1. The zero-order valence-electron chi connectivity index (χ0n) is 14.4. The maximum atomic E-state index is 12.5. The highest BCUT2D eigenvalue weighted by Gasteiger charge is 2.18. The van der Waals surface area contributed by atoms with E-state index in [0.29, 0.717) is 17.3 Å². The Morgan fingerprint density at radius 1 is 1.19 bits per heavy atom. The first-order valence-corrected chi connectivity index (χ1v) is 8.85. The molecule has 2 aromatic rings. The molecule has 1 aromatic heterocycles. The van der Waals surface area contributed by atoms with Gasteiger partial charge in [-0.2, -0.15) is 0 Å². The van der Waals surface area contributed by atoms with Crippen molar-refractivity contribution in [2.75, 3.05) is 18.5 Å². The Kier molecular flexibility index (Phi) is 5.85. The van der Waals surface area contributed by atoms with Crippen LogP contribution in [0.25, 0.3) is 0 Å². The smallest absolute Gasteiger partial charge is 0.274 e. The van der Waals surface area contributed by atoms with Crippen LogP contribution in [0, 0.1) is 6.92 Å². The van der Waals surface area contributed by atoms with Gasteiger partial charge >= 0.3 is 0 Å². The topological polar surface area (TPSA) is 80.3 Å². The predicted octanol–water partition coefficient (Wildman–Crippen LogP) is 3.20. The van der Waals surface area contributed by atoms with E-state index >= 15 is 0 Å². The number of benzene rings is 1. The van der Waals surface area contributed by atoms with Gasteiger partial charge in [0.1, 0.15) is 11.4 Å². The largest absolute Gasteiger partial charge is 0.376 e. The van der Waals surface area contributed by atoms with Crippen LogP contribution < -0.4 is 10.6 Å². The lowest BCUT2D eigenvalue weighted by atomic mass is 10.2. The second-order valence-corrected chi connectivity index (χ2v) is 6.53. The number of anilines is 1. The van der Waals surface area contributed by atoms with E-state index in [9.17, 15) is 9.59 Å². The van der Waals surface area contributed by atoms with Gasteiger partial charge in [0.2, 0.25) is 0 Å². The Morgan fingerprint density at radius 2 is 1.92 bits per heavy atom. The van der Waals surface area contributed by atoms with Crippen LogP contribution in [-0.4, -0.2) is 36.1 Å². The Hall–Kier alpha value is -2.44. The number of carbonyl (C=O) groups is 2. The molecule has 1 unspecified atom stereocenters. The molecule has 0 bridgehead atoms. The van der Waals surface area contributed by atoms with Crippen LogP contribution >= 0.6 is 11.6 Å². The van der Waals surface area contributed by atoms with Gasteiger partial charge in [0.05, 0.1) is 6.10 Å². The van der Waals surface area contributed by atoms with Gasteiger partial charge in [0.25, 0.3) is 11.8 Å². The Balaban J connectivity index is 1.66. The standard InChI is InChI=1S/C19H20ClN3O3/c1-12-14(20)6-2-7-15(12)23-19(25)17-9-3-8-16(22-17)18(24)21-11-13-5-4-10-26-13/h2-3,6-9,13H,4-5,10-11H2,1H3,(H,21,24)(H,23,25). The molecule has 0 aliphatic carbocycles. The molecule has 1 aliphatic rings. The van der Waals surface area contributed by atoms with Crippen LogP contribution in [0.1, 0.15) is 39.4 Å². The molecule has 1 aliphatic heterocycles. The minimum absolute atomic E-state index is 0.0521. The lowest BCUT2D eigenvalue weighted by Crippen LogP contribution is -2.32. The monoisotopic (exact) mass is 373 g/mol. The first-order chi connectivity index (χ1) is 12.5. The normalized spacial score (nSPS) is 16.3. The minimum atomic E-state index is -0.399. The number of hydrogen-bond donors (Lipinski definition) is 2. The van der Waals surface area contributed by atoms with Crippen molar-refractivity contribution in [1.82, 2.24) is 10.3 Å². The second kappa shape index (κ2) is 8.29. The Bertz CT molecular complexity index is 819. The van der Waals surface area contributed by atoms with E-state index in [2.05, 4.69) is 15.6 Å². The molecule has 136 valence electrons. The summed E-state index contributed by atoms with van der Waals surface area (Å²) < 4.78 is 5.48. The number of pyridine rings is 1. The van der Waals surface area contributed by atoms with Crippen LogP contribution in [-0.2, 0) is 4.74 Å². The van der Waals surface area contributed by atoms with Crippen molar-refractivity contribution in [2.45, 2.75) is 25.9 Å². The fraction of sp³-hybridized carbons (Fsp3) is 0.316. The summed E-state index contributed by atoms with van der Waals surface area (Å²) in [4.78, 5) is 28.9. The molecule has 0 saturated carbocycles. The number of carbonyl (C=O) groups excluding carboxylic acids is 2. The molecule has 2 N–H and O–H groups in total. The molecule has 2 heterocycles. The number of aromatic nitrogens is 1. The third kappa shape index (κ3) is 4.39. The molecule has 1 aromatic carbocycles. The molecule has 7 heteroatoms. The number of amides is 2. The SMILES string of the molecule is Cc1c(Cl)cccc1NC(=O)c1cccc(C(=O)NCC2CCCO2)n1. The van der Waals surface area contributed by atoms with E-state index in [-0.39, 0.29) is 23.4 Å². The third-order valence-corrected chi connectivity index (χ3v) is 4.65. The number of nitrogens with one attached hydrogen (secondary N) is 2. The fourth-order valence-corrected chi connectivity index (χ4v) is 2.89. The molecule has 1 saturated heterocycles. The molecule has 1 fully saturated rings. The highest BCUT2D eigenvalue weighted by molar-refractivity contribution is 6.31. The summed E-state index contributed by atoms with van der Waals surface area (Å²) in [6.07, 6.45) is 2.00. The molecule has 0 spiro atoms. The molecular weight excluding hydrogens is 354 g/mol. The van der Waals surface area contributed by atoms with E-state index in [1.165, 1.54) is 0 Å². The van der Waals surface area contributed by atoms with Crippen molar-refractivity contribution < 1.29 is 14.3 Å². The molecule has 6 nitrogen and oxygen atoms in total. The third-order valence-electron chi connectivity index (χ3n) is 4.24. The summed E-state index contributed by atoms with van der Waals surface area (Å²) in [5.41, 5.74) is 1.73. The average Bonchev–Trinajstić information content (AvgIpc) is 3.17. The van der Waals surface area contributed by atoms with Gasteiger partial charge in [-0.05, 0) is 49.6 Å². The van der Waals surface area contributed by atoms with Gasteiger partial charge in [-0.25, -0.2) is 4.98 Å². The van der Waals surface area contributed by atoms with Gasteiger partial charge < -0.3 is 15.4 Å². The van der Waals surface area contributed by atoms with Crippen molar-refractivity contribution in [3.63, 3.8) is 0 Å². The summed E-state index contributed by atoms with van der Waals surface area (Å²) in [6.45, 7) is 3.00. The zero-order chi connectivity index (χ0) is 18.5. The lowest BCUT2D eigenvalue weighted by molar-refractivity contribution is 0.0853. The van der Waals surface area contributed by atoms with E-state index in [1.54, 1.807) is 36.4 Å². The molecule has 26 heavy (non-hydrogen) atoms. The zero-order valence-corrected chi connectivity index (χ0v) is 15.2. The van der Waals surface area contributed by atoms with Crippen molar-refractivity contribution in [3.8, 4) is 0 Å². The molecule has 3 rings (SSSR count). The van der Waals surface area contributed by atoms with Gasteiger partial charge in [-0.3, -0.25) is 9.59 Å². The number of rotatable bonds is 5. The maximum Gasteiger partial charge on any atom is 0.274 e. The van der Waals surface area contributed by atoms with Crippen LogP contribution in [0.3, 0.4) is 0 Å². The fourth-order valence-electron chi connectivity index (χ4n) is 2.72. The quantitative estimate of drug-likeness (QED) is 0.843. The highest BCUT2D eigenvalue weighted by atomic mass is 35.5. The van der Waals surface area contributed by atoms with Gasteiger partial charge in [-0.15, -0.1) is 0 Å². The second-order valence-electron chi connectivity index (χ2n) is 6.12. The lowest BCUT2D eigenvalue weighted by Gasteiger charge is -2.11. The summed E-state index contributed by atoms with van der Waals surface area (Å²) in [5, 5.41) is 6.14. The van der Waals surface area contributed by atoms with E-state index in [1.807, 2.05) is 6.92 Å². The van der Waals surface area contributed by atoms with Gasteiger partial charge in [0.15, 0.2) is 0 Å². The van der Waals surface area contributed by atoms with Gasteiger partial charge in [0, 0.05) is 23.9 Å². The average molecular weight is 374 g/mol. The van der Waals surface area contributed by atoms with E-state index < -0.39 is 5.91 Å². The number of ether oxygens (including phenoxy) is 1. The van der Waals surface area contributed by atoms with E-state index in [4.69, 9.17) is 16.3 Å². The summed E-state index contributed by atoms with van der Waals surface area (Å²) in [7, 11) is 0. The Morgan fingerprint density at radius 3 is 2.65 bits per heavy atom. The molecular formula is C19H20ClN3O3. The minimum Gasteiger partial charge on any atom is -0.376 e. The molecule has 0 radical (unpaired) electrons. The maximum absolute atomic E-state index is 12.5. The van der Waals surface area contributed by atoms with Crippen molar-refractivity contribution in [2.24, 2.45) is 0 Å². The summed E-state index contributed by atoms with van der Waals surface area (Å²) in [6, 6.07) is 10.0. The Labute approximate surface area is 156 Å². The molecule has 1 atom stereocenters. The van der Waals surface area contributed by atoms with Crippen LogP contribution in [0.2, 0.25) is 5.02 Å². The first kappa shape index (κ1) is 18.4. The van der Waals surface area contributed by atoms with Crippen LogP contribution in [0.5, 0.6) is 0 Å². The van der Waals surface area contributed by atoms with Crippen LogP contribution in [0.15, 0.2) is 36.4 Å². The van der Waals surface area contributed by atoms with Gasteiger partial charge in [-0.1, -0.05) is 23.7 Å². The van der Waals surface area contributed by atoms with Crippen LogP contribution in [0.4, 0.5) is 5.69 Å². The van der Waals surface area contributed by atoms with Crippen molar-refractivity contribution in [3.05, 3.63) is 58.4 Å².